The molecule has 0 bridgehead atoms. The van der Waals surface area contributed by atoms with E-state index in [1.54, 1.807) is 6.92 Å². The molecule has 3 aliphatic heterocycles. The van der Waals surface area contributed by atoms with Crippen LogP contribution in [0, 0.1) is 29.1 Å². The first-order valence-corrected chi connectivity index (χ1v) is 10.4. The monoisotopic (exact) mass is 394 g/mol. The van der Waals surface area contributed by atoms with Gasteiger partial charge in [0.2, 0.25) is 0 Å². The number of fused-ring (bicyclic) bond motifs is 1. The minimum Gasteiger partial charge on any atom is -0.462 e. The largest absolute Gasteiger partial charge is 0.462 e. The highest BCUT2D eigenvalue weighted by molar-refractivity contribution is 5.96. The Labute approximate surface area is 165 Å². The average molecular weight is 394 g/mol. The highest BCUT2D eigenvalue weighted by atomic mass is 16.6. The van der Waals surface area contributed by atoms with Crippen LogP contribution in [0.25, 0.3) is 0 Å². The van der Waals surface area contributed by atoms with Crippen molar-refractivity contribution in [3.63, 3.8) is 0 Å². The van der Waals surface area contributed by atoms with Crippen molar-refractivity contribution in [2.45, 2.75) is 71.2 Å². The molecule has 0 aromatic carbocycles. The summed E-state index contributed by atoms with van der Waals surface area (Å²) in [5.74, 6) is -1.44. The lowest BCUT2D eigenvalue weighted by Crippen LogP contribution is -2.35. The Morgan fingerprint density at radius 3 is 2.57 bits per heavy atom. The van der Waals surface area contributed by atoms with Crippen LogP contribution in [-0.2, 0) is 33.3 Å². The Morgan fingerprint density at radius 2 is 1.96 bits per heavy atom. The fourth-order valence-electron chi connectivity index (χ4n) is 4.84. The topological polar surface area (TPSA) is 94.7 Å². The van der Waals surface area contributed by atoms with Gasteiger partial charge in [-0.25, -0.2) is 0 Å². The van der Waals surface area contributed by atoms with Crippen molar-refractivity contribution in [3.8, 4) is 0 Å². The van der Waals surface area contributed by atoms with E-state index in [1.807, 2.05) is 13.8 Å². The van der Waals surface area contributed by atoms with E-state index in [4.69, 9.17) is 18.9 Å². The number of carbonyl (C=O) groups is 3. The Kier molecular flexibility index (Phi) is 5.25. The zero-order valence-corrected chi connectivity index (χ0v) is 16.8. The first-order valence-electron chi connectivity index (χ1n) is 10.4. The molecule has 0 radical (unpaired) electrons. The summed E-state index contributed by atoms with van der Waals surface area (Å²) in [6, 6.07) is 0. The van der Waals surface area contributed by atoms with Gasteiger partial charge in [0.15, 0.2) is 0 Å². The van der Waals surface area contributed by atoms with Crippen LogP contribution >= 0.6 is 0 Å². The molecular weight excluding hydrogens is 364 g/mol. The first kappa shape index (κ1) is 19.8. The Hall–Kier alpha value is -1.47. The maximum absolute atomic E-state index is 12.7. The predicted octanol–water partition coefficient (Wildman–Crippen LogP) is 2.25. The summed E-state index contributed by atoms with van der Waals surface area (Å²) >= 11 is 0. The van der Waals surface area contributed by atoms with Crippen molar-refractivity contribution in [2.24, 2.45) is 29.1 Å². The van der Waals surface area contributed by atoms with E-state index in [0.717, 1.165) is 19.3 Å². The second kappa shape index (κ2) is 7.41. The maximum Gasteiger partial charge on any atom is 0.317 e. The van der Waals surface area contributed by atoms with E-state index in [2.05, 4.69) is 0 Å². The molecular formula is C21H30O7. The molecule has 0 N–H and O–H groups in total. The van der Waals surface area contributed by atoms with E-state index >= 15 is 0 Å². The van der Waals surface area contributed by atoms with Crippen molar-refractivity contribution in [1.29, 1.82) is 0 Å². The zero-order chi connectivity index (χ0) is 20.1. The molecule has 28 heavy (non-hydrogen) atoms. The van der Waals surface area contributed by atoms with Crippen LogP contribution in [0.5, 0.6) is 0 Å². The molecule has 7 unspecified atom stereocenters. The SMILES string of the molecule is CC1C(=O)OC(=O)C1CC(CC(C)(C)C(=O)OCC1CO1)C1CCC2OC2C1. The molecule has 0 aromatic heterocycles. The van der Waals surface area contributed by atoms with E-state index in [9.17, 15) is 14.4 Å². The molecule has 4 rings (SSSR count). The van der Waals surface area contributed by atoms with Crippen LogP contribution in [0.4, 0.5) is 0 Å². The van der Waals surface area contributed by atoms with Gasteiger partial charge in [-0.2, -0.15) is 0 Å². The molecule has 0 spiro atoms. The van der Waals surface area contributed by atoms with Gasteiger partial charge in [-0.3, -0.25) is 14.4 Å². The van der Waals surface area contributed by atoms with E-state index in [1.165, 1.54) is 0 Å². The van der Waals surface area contributed by atoms with Crippen LogP contribution in [0.3, 0.4) is 0 Å². The minimum absolute atomic E-state index is 0.0398. The van der Waals surface area contributed by atoms with Crippen LogP contribution < -0.4 is 0 Å². The van der Waals surface area contributed by atoms with Gasteiger partial charge >= 0.3 is 17.9 Å². The third kappa shape index (κ3) is 4.25. The summed E-state index contributed by atoms with van der Waals surface area (Å²) in [5, 5.41) is 0. The van der Waals surface area contributed by atoms with Gasteiger partial charge in [0, 0.05) is 0 Å². The lowest BCUT2D eigenvalue weighted by molar-refractivity contribution is -0.156. The summed E-state index contributed by atoms with van der Waals surface area (Å²) in [6.07, 6.45) is 4.94. The third-order valence-corrected chi connectivity index (χ3v) is 6.88. The molecule has 4 fully saturated rings. The number of hydrogen-bond donors (Lipinski definition) is 0. The molecule has 156 valence electrons. The van der Waals surface area contributed by atoms with Gasteiger partial charge < -0.3 is 18.9 Å². The Morgan fingerprint density at radius 1 is 1.21 bits per heavy atom. The van der Waals surface area contributed by atoms with E-state index < -0.39 is 29.2 Å². The van der Waals surface area contributed by atoms with Crippen molar-refractivity contribution in [3.05, 3.63) is 0 Å². The highest BCUT2D eigenvalue weighted by Gasteiger charge is 2.49. The number of cyclic esters (lactones) is 2. The van der Waals surface area contributed by atoms with Crippen LogP contribution in [0.15, 0.2) is 0 Å². The molecule has 3 saturated heterocycles. The molecule has 0 amide bonds. The maximum atomic E-state index is 12.7. The average Bonchev–Trinajstić information content (AvgIpc) is 3.55. The number of carbonyl (C=O) groups excluding carboxylic acids is 3. The second-order valence-electron chi connectivity index (χ2n) is 9.56. The van der Waals surface area contributed by atoms with Crippen molar-refractivity contribution in [1.82, 2.24) is 0 Å². The normalized spacial score (nSPS) is 37.8. The lowest BCUT2D eigenvalue weighted by atomic mass is 9.68. The summed E-state index contributed by atoms with van der Waals surface area (Å²) in [6.45, 7) is 6.50. The van der Waals surface area contributed by atoms with Gasteiger partial charge in [0.25, 0.3) is 0 Å². The zero-order valence-electron chi connectivity index (χ0n) is 16.8. The van der Waals surface area contributed by atoms with Crippen LogP contribution in [0.2, 0.25) is 0 Å². The second-order valence-corrected chi connectivity index (χ2v) is 9.56. The molecule has 7 nitrogen and oxygen atoms in total. The standard InChI is InChI=1S/C21H30O7/c1-11-15(19(23)28-18(11)22)6-13(12-4-5-16-17(7-12)27-16)8-21(2,3)20(24)26-10-14-9-25-14/h11-17H,4-10H2,1-3H3. The highest BCUT2D eigenvalue weighted by Crippen LogP contribution is 2.47. The Balaban J connectivity index is 1.44. The number of rotatable bonds is 8. The van der Waals surface area contributed by atoms with Crippen molar-refractivity contribution < 1.29 is 33.3 Å². The molecule has 3 heterocycles. The number of ether oxygens (including phenoxy) is 4. The lowest BCUT2D eigenvalue weighted by Gasteiger charge is -2.35. The minimum atomic E-state index is -0.670. The quantitative estimate of drug-likeness (QED) is 0.354. The fourth-order valence-corrected chi connectivity index (χ4v) is 4.84. The third-order valence-electron chi connectivity index (χ3n) is 6.88. The smallest absolute Gasteiger partial charge is 0.317 e. The van der Waals surface area contributed by atoms with Crippen LogP contribution in [0.1, 0.15) is 52.9 Å². The van der Waals surface area contributed by atoms with Crippen LogP contribution in [-0.4, -0.2) is 49.4 Å². The summed E-state index contributed by atoms with van der Waals surface area (Å²) in [4.78, 5) is 36.7. The van der Waals surface area contributed by atoms with Gasteiger partial charge in [0.1, 0.15) is 12.7 Å². The van der Waals surface area contributed by atoms with Crippen molar-refractivity contribution >= 4 is 17.9 Å². The van der Waals surface area contributed by atoms with Gasteiger partial charge in [-0.05, 0) is 57.8 Å². The summed E-state index contributed by atoms with van der Waals surface area (Å²) in [7, 11) is 0. The predicted molar refractivity (Wildman–Crippen MR) is 97.0 cm³/mol. The fraction of sp³-hybridized carbons (Fsp3) is 0.857. The van der Waals surface area contributed by atoms with Gasteiger partial charge in [0.05, 0.1) is 36.1 Å². The molecule has 7 atom stereocenters. The van der Waals surface area contributed by atoms with Gasteiger partial charge in [-0.1, -0.05) is 6.92 Å². The van der Waals surface area contributed by atoms with Crippen molar-refractivity contribution in [2.75, 3.05) is 13.2 Å². The number of epoxide rings is 2. The molecule has 1 saturated carbocycles. The molecule has 0 aromatic rings. The number of hydrogen-bond acceptors (Lipinski definition) is 7. The molecule has 4 aliphatic rings. The first-order chi connectivity index (χ1) is 13.2. The molecule has 7 heteroatoms. The summed E-state index contributed by atoms with van der Waals surface area (Å²) in [5.41, 5.74) is -0.670. The molecule has 1 aliphatic carbocycles. The Bertz CT molecular complexity index is 653. The van der Waals surface area contributed by atoms with E-state index in [0.29, 0.717) is 44.2 Å². The summed E-state index contributed by atoms with van der Waals surface area (Å²) < 4.78 is 21.1. The number of esters is 3. The van der Waals surface area contributed by atoms with Gasteiger partial charge in [-0.15, -0.1) is 0 Å². The van der Waals surface area contributed by atoms with E-state index in [-0.39, 0.29) is 18.0 Å².